The maximum absolute atomic E-state index is 12.0. The Morgan fingerprint density at radius 3 is 2.71 bits per heavy atom. The number of amides is 1. The summed E-state index contributed by atoms with van der Waals surface area (Å²) in [6, 6.07) is 4.63. The van der Waals surface area contributed by atoms with E-state index < -0.39 is 0 Å². The number of thiophene rings is 1. The first-order valence-corrected chi connectivity index (χ1v) is 9.50. The summed E-state index contributed by atoms with van der Waals surface area (Å²) in [5, 5.41) is 5.25. The summed E-state index contributed by atoms with van der Waals surface area (Å²) in [6.45, 7) is 9.45. The predicted octanol–water partition coefficient (Wildman–Crippen LogP) is 3.53. The minimum atomic E-state index is 0.138. The molecule has 0 spiro atoms. The van der Waals surface area contributed by atoms with Gasteiger partial charge < -0.3 is 5.32 Å². The standard InChI is InChI=1S/C16H26N2OS2/c1-16(2,3)21-12-15(19)17-11-13(14-7-6-10-20-14)18-8-4-5-9-18/h6-7,10,13H,4-5,8-9,11-12H2,1-3H3,(H,17,19). The molecular formula is C16H26N2OS2. The van der Waals surface area contributed by atoms with Gasteiger partial charge in [-0.1, -0.05) is 26.8 Å². The first-order chi connectivity index (χ1) is 9.96. The number of carbonyl (C=O) groups is 1. The largest absolute Gasteiger partial charge is 0.353 e. The van der Waals surface area contributed by atoms with Gasteiger partial charge in [0.2, 0.25) is 5.91 Å². The van der Waals surface area contributed by atoms with Crippen molar-refractivity contribution in [2.24, 2.45) is 0 Å². The van der Waals surface area contributed by atoms with Crippen LogP contribution in [0.3, 0.4) is 0 Å². The highest BCUT2D eigenvalue weighted by Crippen LogP contribution is 2.28. The Hall–Kier alpha value is -0.520. The first kappa shape index (κ1) is 16.8. The van der Waals surface area contributed by atoms with Gasteiger partial charge in [-0.3, -0.25) is 9.69 Å². The Morgan fingerprint density at radius 1 is 1.43 bits per heavy atom. The Labute approximate surface area is 136 Å². The fourth-order valence-electron chi connectivity index (χ4n) is 2.49. The van der Waals surface area contributed by atoms with Gasteiger partial charge >= 0.3 is 0 Å². The minimum absolute atomic E-state index is 0.138. The van der Waals surface area contributed by atoms with Gasteiger partial charge in [-0.05, 0) is 37.4 Å². The lowest BCUT2D eigenvalue weighted by atomic mass is 10.2. The van der Waals surface area contributed by atoms with E-state index in [4.69, 9.17) is 0 Å². The Balaban J connectivity index is 1.86. The van der Waals surface area contributed by atoms with Gasteiger partial charge in [0.25, 0.3) is 0 Å². The molecule has 2 rings (SSSR count). The maximum atomic E-state index is 12.0. The third kappa shape index (κ3) is 5.64. The zero-order valence-corrected chi connectivity index (χ0v) is 14.9. The lowest BCUT2D eigenvalue weighted by molar-refractivity contribution is -0.118. The van der Waals surface area contributed by atoms with Crippen LogP contribution in [0.2, 0.25) is 0 Å². The molecule has 1 aromatic rings. The Morgan fingerprint density at radius 2 is 2.14 bits per heavy atom. The van der Waals surface area contributed by atoms with Crippen molar-refractivity contribution < 1.29 is 4.79 Å². The third-order valence-corrected chi connectivity index (χ3v) is 5.83. The number of nitrogens with one attached hydrogen (secondary N) is 1. The van der Waals surface area contributed by atoms with E-state index in [9.17, 15) is 4.79 Å². The molecule has 118 valence electrons. The molecule has 5 heteroatoms. The molecule has 0 aliphatic carbocycles. The second-order valence-electron chi connectivity index (χ2n) is 6.48. The molecule has 21 heavy (non-hydrogen) atoms. The number of nitrogens with zero attached hydrogens (tertiary/aromatic N) is 1. The Bertz CT molecular complexity index is 434. The van der Waals surface area contributed by atoms with Gasteiger partial charge in [-0.2, -0.15) is 0 Å². The molecule has 1 aliphatic heterocycles. The molecule has 3 nitrogen and oxygen atoms in total. The highest BCUT2D eigenvalue weighted by molar-refractivity contribution is 8.01. The van der Waals surface area contributed by atoms with E-state index in [1.165, 1.54) is 17.7 Å². The lowest BCUT2D eigenvalue weighted by Crippen LogP contribution is -2.37. The summed E-state index contributed by atoms with van der Waals surface area (Å²) in [4.78, 5) is 15.9. The van der Waals surface area contributed by atoms with E-state index >= 15 is 0 Å². The number of likely N-dealkylation sites (tertiary alicyclic amines) is 1. The van der Waals surface area contributed by atoms with E-state index in [0.29, 0.717) is 11.8 Å². The number of rotatable bonds is 6. The second-order valence-corrected chi connectivity index (χ2v) is 9.26. The summed E-state index contributed by atoms with van der Waals surface area (Å²) in [7, 11) is 0. The molecule has 1 atom stereocenters. The smallest absolute Gasteiger partial charge is 0.230 e. The molecule has 1 aromatic heterocycles. The first-order valence-electron chi connectivity index (χ1n) is 7.64. The molecule has 1 N–H and O–H groups in total. The third-order valence-electron chi connectivity index (χ3n) is 3.58. The molecule has 0 saturated carbocycles. The van der Waals surface area contributed by atoms with Gasteiger partial charge in [0.15, 0.2) is 0 Å². The lowest BCUT2D eigenvalue weighted by Gasteiger charge is -2.27. The van der Waals surface area contributed by atoms with Crippen molar-refractivity contribution in [3.8, 4) is 0 Å². The van der Waals surface area contributed by atoms with E-state index in [0.717, 1.165) is 19.6 Å². The molecule has 0 bridgehead atoms. The van der Waals surface area contributed by atoms with Crippen LogP contribution in [0.25, 0.3) is 0 Å². The van der Waals surface area contributed by atoms with Gasteiger partial charge in [0.1, 0.15) is 0 Å². The van der Waals surface area contributed by atoms with E-state index in [1.807, 2.05) is 0 Å². The van der Waals surface area contributed by atoms with Crippen molar-refractivity contribution in [3.63, 3.8) is 0 Å². The number of thioether (sulfide) groups is 1. The van der Waals surface area contributed by atoms with Crippen LogP contribution < -0.4 is 5.32 Å². The van der Waals surface area contributed by atoms with Crippen molar-refractivity contribution in [1.82, 2.24) is 10.2 Å². The molecular weight excluding hydrogens is 300 g/mol. The van der Waals surface area contributed by atoms with Gasteiger partial charge in [-0.15, -0.1) is 23.1 Å². The molecule has 1 fully saturated rings. The van der Waals surface area contributed by atoms with Crippen LogP contribution in [0.1, 0.15) is 44.5 Å². The van der Waals surface area contributed by atoms with Crippen LogP contribution in [-0.2, 0) is 4.79 Å². The van der Waals surface area contributed by atoms with E-state index in [2.05, 4.69) is 48.5 Å². The number of hydrogen-bond donors (Lipinski definition) is 1. The molecule has 1 saturated heterocycles. The normalized spacial score (nSPS) is 17.9. The fraction of sp³-hybridized carbons (Fsp3) is 0.688. The van der Waals surface area contributed by atoms with Crippen molar-refractivity contribution in [1.29, 1.82) is 0 Å². The molecule has 0 aromatic carbocycles. The average Bonchev–Trinajstić information content (AvgIpc) is 3.09. The zero-order valence-electron chi connectivity index (χ0n) is 13.2. The van der Waals surface area contributed by atoms with Gasteiger partial charge in [0, 0.05) is 16.2 Å². The highest BCUT2D eigenvalue weighted by atomic mass is 32.2. The van der Waals surface area contributed by atoms with Crippen LogP contribution >= 0.6 is 23.1 Å². The molecule has 1 aliphatic rings. The SMILES string of the molecule is CC(C)(C)SCC(=O)NCC(c1cccs1)N1CCCC1. The van der Waals surface area contributed by atoms with Gasteiger partial charge in [0.05, 0.1) is 11.8 Å². The predicted molar refractivity (Wildman–Crippen MR) is 93.1 cm³/mol. The van der Waals surface area contributed by atoms with Crippen LogP contribution in [-0.4, -0.2) is 40.9 Å². The quantitative estimate of drug-likeness (QED) is 0.868. The zero-order chi connectivity index (χ0) is 15.3. The molecule has 0 radical (unpaired) electrons. The van der Waals surface area contributed by atoms with Crippen molar-refractivity contribution in [2.75, 3.05) is 25.4 Å². The topological polar surface area (TPSA) is 32.3 Å². The van der Waals surface area contributed by atoms with Crippen LogP contribution in [0.15, 0.2) is 17.5 Å². The van der Waals surface area contributed by atoms with Crippen molar-refractivity contribution in [2.45, 2.75) is 44.4 Å². The Kier molecular flexibility index (Phi) is 6.14. The molecule has 1 amide bonds. The van der Waals surface area contributed by atoms with Gasteiger partial charge in [-0.25, -0.2) is 0 Å². The van der Waals surface area contributed by atoms with Crippen molar-refractivity contribution >= 4 is 29.0 Å². The summed E-state index contributed by atoms with van der Waals surface area (Å²) in [5.41, 5.74) is 0. The van der Waals surface area contributed by atoms with Crippen LogP contribution in [0.4, 0.5) is 0 Å². The average molecular weight is 327 g/mol. The molecule has 2 heterocycles. The van der Waals surface area contributed by atoms with E-state index in [1.54, 1.807) is 23.1 Å². The number of carbonyl (C=O) groups excluding carboxylic acids is 1. The minimum Gasteiger partial charge on any atom is -0.353 e. The van der Waals surface area contributed by atoms with Crippen molar-refractivity contribution in [3.05, 3.63) is 22.4 Å². The monoisotopic (exact) mass is 326 g/mol. The fourth-order valence-corrected chi connectivity index (χ4v) is 4.01. The summed E-state index contributed by atoms with van der Waals surface area (Å²) in [6.07, 6.45) is 2.55. The maximum Gasteiger partial charge on any atom is 0.230 e. The van der Waals surface area contributed by atoms with Crippen LogP contribution in [0.5, 0.6) is 0 Å². The van der Waals surface area contributed by atoms with E-state index in [-0.39, 0.29) is 10.7 Å². The van der Waals surface area contributed by atoms with Crippen LogP contribution in [0, 0.1) is 0 Å². The second kappa shape index (κ2) is 7.65. The summed E-state index contributed by atoms with van der Waals surface area (Å²) >= 11 is 3.49. The highest BCUT2D eigenvalue weighted by Gasteiger charge is 2.24. The summed E-state index contributed by atoms with van der Waals surface area (Å²) in [5.74, 6) is 0.691. The summed E-state index contributed by atoms with van der Waals surface area (Å²) < 4.78 is 0.138. The number of hydrogen-bond acceptors (Lipinski definition) is 4. The molecule has 1 unspecified atom stereocenters.